The number of likely N-dealkylation sites (tertiary alicyclic amines) is 1. The molecule has 10 heteroatoms. The van der Waals surface area contributed by atoms with Crippen LogP contribution in [0.5, 0.6) is 0 Å². The second kappa shape index (κ2) is 8.69. The molecular formula is C26H29FN6O3. The predicted octanol–water partition coefficient (Wildman–Crippen LogP) is 4.43. The van der Waals surface area contributed by atoms with Crippen molar-refractivity contribution in [1.29, 1.82) is 0 Å². The molecule has 3 aromatic heterocycles. The molecule has 0 saturated carbocycles. The van der Waals surface area contributed by atoms with Crippen LogP contribution in [-0.2, 0) is 4.74 Å². The molecule has 5 rings (SSSR count). The minimum Gasteiger partial charge on any atom is -0.444 e. The molecule has 1 amide bonds. The first-order chi connectivity index (χ1) is 17.0. The maximum atomic E-state index is 15.3. The first-order valence-electron chi connectivity index (χ1n) is 12.0. The number of rotatable bonds is 2. The average Bonchev–Trinajstić information content (AvgIpc) is 3.19. The normalized spacial score (nSPS) is 15.1. The largest absolute Gasteiger partial charge is 0.444 e. The molecule has 4 heterocycles. The fraction of sp³-hybridized carbons (Fsp3) is 0.423. The van der Waals surface area contributed by atoms with Crippen molar-refractivity contribution in [3.8, 4) is 11.3 Å². The third kappa shape index (κ3) is 4.43. The van der Waals surface area contributed by atoms with Crippen molar-refractivity contribution < 1.29 is 13.9 Å². The van der Waals surface area contributed by atoms with Crippen LogP contribution < -0.4 is 5.56 Å². The molecule has 0 aliphatic carbocycles. The van der Waals surface area contributed by atoms with Crippen LogP contribution in [0.15, 0.2) is 35.5 Å². The van der Waals surface area contributed by atoms with Crippen molar-refractivity contribution in [3.05, 3.63) is 58.2 Å². The lowest BCUT2D eigenvalue weighted by Crippen LogP contribution is -2.43. The number of imidazole rings is 1. The summed E-state index contributed by atoms with van der Waals surface area (Å²) in [7, 11) is 0. The Bertz CT molecular complexity index is 1540. The minimum atomic E-state index is -0.637. The molecule has 0 atom stereocenters. The second-order valence-electron chi connectivity index (χ2n) is 10.4. The monoisotopic (exact) mass is 492 g/mol. The molecule has 0 N–H and O–H groups in total. The highest BCUT2D eigenvalue weighted by Gasteiger charge is 2.28. The van der Waals surface area contributed by atoms with Gasteiger partial charge in [0, 0.05) is 24.7 Å². The summed E-state index contributed by atoms with van der Waals surface area (Å²) in [4.78, 5) is 36.1. The molecule has 188 valence electrons. The number of hydrogen-bond donors (Lipinski definition) is 0. The molecule has 36 heavy (non-hydrogen) atoms. The van der Waals surface area contributed by atoms with Crippen LogP contribution >= 0.6 is 0 Å². The van der Waals surface area contributed by atoms with Crippen LogP contribution in [0.2, 0.25) is 0 Å². The Morgan fingerprint density at radius 2 is 1.86 bits per heavy atom. The lowest BCUT2D eigenvalue weighted by Gasteiger charge is -2.34. The quantitative estimate of drug-likeness (QED) is 0.411. The zero-order chi connectivity index (χ0) is 25.8. The Morgan fingerprint density at radius 3 is 2.56 bits per heavy atom. The van der Waals surface area contributed by atoms with Gasteiger partial charge in [0.2, 0.25) is 0 Å². The van der Waals surface area contributed by atoms with Gasteiger partial charge in [-0.1, -0.05) is 0 Å². The molecule has 0 spiro atoms. The molecule has 1 saturated heterocycles. The van der Waals surface area contributed by atoms with E-state index in [1.807, 2.05) is 46.9 Å². The van der Waals surface area contributed by atoms with Crippen molar-refractivity contribution in [3.63, 3.8) is 0 Å². The van der Waals surface area contributed by atoms with Crippen LogP contribution in [0.1, 0.15) is 50.9 Å². The number of benzene rings is 1. The number of aromatic nitrogens is 5. The predicted molar refractivity (Wildman–Crippen MR) is 133 cm³/mol. The van der Waals surface area contributed by atoms with E-state index in [2.05, 4.69) is 15.1 Å². The van der Waals surface area contributed by atoms with Gasteiger partial charge in [-0.2, -0.15) is 5.10 Å². The Labute approximate surface area is 207 Å². The number of carbonyl (C=O) groups excluding carboxylic acids is 1. The SMILES string of the molecule is Cc1cn2nc(-c3cc(F)c4c(=O)n(C5CCN(C(=O)OC(C)(C)C)CC5)cnc4c3)cc(C)c2n1. The second-order valence-corrected chi connectivity index (χ2v) is 10.4. The fourth-order valence-electron chi connectivity index (χ4n) is 4.66. The third-order valence-corrected chi connectivity index (χ3v) is 6.37. The maximum Gasteiger partial charge on any atom is 0.410 e. The summed E-state index contributed by atoms with van der Waals surface area (Å²) < 4.78 is 23.9. The topological polar surface area (TPSA) is 94.6 Å². The highest BCUT2D eigenvalue weighted by Crippen LogP contribution is 2.27. The number of fused-ring (bicyclic) bond motifs is 2. The van der Waals surface area contributed by atoms with Gasteiger partial charge in [0.15, 0.2) is 5.65 Å². The number of hydrogen-bond acceptors (Lipinski definition) is 6. The van der Waals surface area contributed by atoms with Crippen LogP contribution in [0.3, 0.4) is 0 Å². The Hall–Kier alpha value is -3.82. The van der Waals surface area contributed by atoms with Crippen LogP contribution in [0.4, 0.5) is 9.18 Å². The van der Waals surface area contributed by atoms with E-state index in [1.54, 1.807) is 15.5 Å². The van der Waals surface area contributed by atoms with Gasteiger partial charge in [-0.3, -0.25) is 9.36 Å². The first kappa shape index (κ1) is 23.9. The van der Waals surface area contributed by atoms with Gasteiger partial charge in [-0.05, 0) is 71.2 Å². The zero-order valence-corrected chi connectivity index (χ0v) is 21.1. The van der Waals surface area contributed by atoms with Crippen molar-refractivity contribution in [2.24, 2.45) is 0 Å². The lowest BCUT2D eigenvalue weighted by molar-refractivity contribution is 0.0187. The Kier molecular flexibility index (Phi) is 5.77. The molecule has 0 bridgehead atoms. The van der Waals surface area contributed by atoms with E-state index in [9.17, 15) is 9.59 Å². The molecule has 0 unspecified atom stereocenters. The zero-order valence-electron chi connectivity index (χ0n) is 21.1. The lowest BCUT2D eigenvalue weighted by atomic mass is 10.0. The number of carbonyl (C=O) groups is 1. The molecule has 1 fully saturated rings. The smallest absolute Gasteiger partial charge is 0.410 e. The highest BCUT2D eigenvalue weighted by molar-refractivity contribution is 5.83. The summed E-state index contributed by atoms with van der Waals surface area (Å²) in [6.07, 6.45) is 4.03. The summed E-state index contributed by atoms with van der Waals surface area (Å²) >= 11 is 0. The van der Waals surface area contributed by atoms with Crippen molar-refractivity contribution >= 4 is 22.6 Å². The first-order valence-corrected chi connectivity index (χ1v) is 12.0. The van der Waals surface area contributed by atoms with Gasteiger partial charge in [0.25, 0.3) is 5.56 Å². The van der Waals surface area contributed by atoms with E-state index in [1.165, 1.54) is 17.0 Å². The summed E-state index contributed by atoms with van der Waals surface area (Å²) in [5.41, 5.74) is 2.88. The van der Waals surface area contributed by atoms with Gasteiger partial charge >= 0.3 is 6.09 Å². The fourth-order valence-corrected chi connectivity index (χ4v) is 4.66. The van der Waals surface area contributed by atoms with Gasteiger partial charge in [0.1, 0.15) is 16.8 Å². The highest BCUT2D eigenvalue weighted by atomic mass is 19.1. The van der Waals surface area contributed by atoms with E-state index < -0.39 is 17.0 Å². The number of amides is 1. The van der Waals surface area contributed by atoms with Gasteiger partial charge in [-0.15, -0.1) is 0 Å². The van der Waals surface area contributed by atoms with E-state index in [4.69, 9.17) is 4.74 Å². The Morgan fingerprint density at radius 1 is 1.14 bits per heavy atom. The molecular weight excluding hydrogens is 463 g/mol. The molecule has 1 aromatic carbocycles. The summed E-state index contributed by atoms with van der Waals surface area (Å²) in [5, 5.41) is 4.52. The van der Waals surface area contributed by atoms with Crippen molar-refractivity contribution in [2.75, 3.05) is 13.1 Å². The van der Waals surface area contributed by atoms with Gasteiger partial charge in [0.05, 0.1) is 29.4 Å². The number of ether oxygens (including phenoxy) is 1. The van der Waals surface area contributed by atoms with Crippen LogP contribution in [0, 0.1) is 19.7 Å². The molecule has 4 aromatic rings. The summed E-state index contributed by atoms with van der Waals surface area (Å²) in [5.74, 6) is -0.637. The van der Waals surface area contributed by atoms with Gasteiger partial charge < -0.3 is 9.64 Å². The number of nitrogens with zero attached hydrogens (tertiary/aromatic N) is 6. The minimum absolute atomic E-state index is 0.0490. The van der Waals surface area contributed by atoms with Crippen LogP contribution in [0.25, 0.3) is 27.8 Å². The molecule has 0 radical (unpaired) electrons. The average molecular weight is 493 g/mol. The standard InChI is InChI=1S/C26H29FN6O3/c1-15-10-20(30-33-13-16(2)29-23(15)33)17-11-19(27)22-21(12-17)28-14-32(24(22)34)18-6-8-31(9-7-18)25(35)36-26(3,4)5/h10-14,18H,6-9H2,1-5H3. The van der Waals surface area contributed by atoms with E-state index in [0.717, 1.165) is 16.9 Å². The van der Waals surface area contributed by atoms with E-state index >= 15 is 4.39 Å². The van der Waals surface area contributed by atoms with E-state index in [-0.39, 0.29) is 23.0 Å². The summed E-state index contributed by atoms with van der Waals surface area (Å²) in [6, 6.07) is 4.69. The third-order valence-electron chi connectivity index (χ3n) is 6.37. The number of piperidine rings is 1. The van der Waals surface area contributed by atoms with Gasteiger partial charge in [-0.25, -0.2) is 23.7 Å². The van der Waals surface area contributed by atoms with Crippen molar-refractivity contribution in [2.45, 2.75) is 59.1 Å². The Balaban J connectivity index is 1.43. The number of halogens is 1. The maximum absolute atomic E-state index is 15.3. The number of aryl methyl sites for hydroxylation is 2. The molecule has 1 aliphatic rings. The summed E-state index contributed by atoms with van der Waals surface area (Å²) in [6.45, 7) is 10.2. The van der Waals surface area contributed by atoms with E-state index in [0.29, 0.717) is 37.2 Å². The molecule has 1 aliphatic heterocycles. The van der Waals surface area contributed by atoms with Crippen molar-refractivity contribution in [1.82, 2.24) is 29.0 Å². The van der Waals surface area contributed by atoms with Crippen LogP contribution in [-0.4, -0.2) is 53.8 Å². The molecule has 9 nitrogen and oxygen atoms in total.